The van der Waals surface area contributed by atoms with Crippen LogP contribution >= 0.6 is 0 Å². The van der Waals surface area contributed by atoms with Gasteiger partial charge in [0.25, 0.3) is 0 Å². The molecule has 4 N–H and O–H groups in total. The number of hydrogen-bond acceptors (Lipinski definition) is 3. The van der Waals surface area contributed by atoms with E-state index in [4.69, 9.17) is 5.73 Å². The number of nitrogens with one attached hydrogen (secondary N) is 1. The van der Waals surface area contributed by atoms with Gasteiger partial charge in [-0.25, -0.2) is 0 Å². The van der Waals surface area contributed by atoms with Crippen molar-refractivity contribution in [1.29, 1.82) is 0 Å². The highest BCUT2D eigenvalue weighted by atomic mass is 16.3. The Balaban J connectivity index is 2.29. The number of nitrogens with two attached hydrogens (primary N) is 1. The van der Waals surface area contributed by atoms with E-state index in [1.54, 1.807) is 0 Å². The van der Waals surface area contributed by atoms with E-state index >= 15 is 0 Å². The summed E-state index contributed by atoms with van der Waals surface area (Å²) in [7, 11) is 0. The molecule has 1 aliphatic rings. The van der Waals surface area contributed by atoms with Crippen molar-refractivity contribution in [2.45, 2.75) is 51.2 Å². The number of rotatable bonds is 5. The van der Waals surface area contributed by atoms with Crippen LogP contribution in [-0.4, -0.2) is 29.2 Å². The summed E-state index contributed by atoms with van der Waals surface area (Å²) in [6.45, 7) is 4.32. The molecule has 4 heteroatoms. The summed E-state index contributed by atoms with van der Waals surface area (Å²) in [4.78, 5) is 11.6. The van der Waals surface area contributed by atoms with Gasteiger partial charge >= 0.3 is 0 Å². The topological polar surface area (TPSA) is 75.4 Å². The van der Waals surface area contributed by atoms with E-state index in [1.165, 1.54) is 0 Å². The Hall–Kier alpha value is -0.610. The zero-order chi connectivity index (χ0) is 11.5. The maximum Gasteiger partial charge on any atom is 0.237 e. The first-order valence-corrected chi connectivity index (χ1v) is 5.74. The van der Waals surface area contributed by atoms with E-state index in [1.807, 2.05) is 13.8 Å². The van der Waals surface area contributed by atoms with Crippen molar-refractivity contribution in [2.75, 3.05) is 6.54 Å². The Bertz CT molecular complexity index is 227. The molecule has 0 bridgehead atoms. The summed E-state index contributed by atoms with van der Waals surface area (Å²) in [6.07, 6.45) is 3.50. The number of carbonyl (C=O) groups excluding carboxylic acids is 1. The van der Waals surface area contributed by atoms with E-state index in [2.05, 4.69) is 5.32 Å². The summed E-state index contributed by atoms with van der Waals surface area (Å²) < 4.78 is 0. The van der Waals surface area contributed by atoms with Gasteiger partial charge in [0.1, 0.15) is 0 Å². The second-order valence-electron chi connectivity index (χ2n) is 4.71. The Morgan fingerprint density at radius 1 is 1.60 bits per heavy atom. The van der Waals surface area contributed by atoms with E-state index in [0.29, 0.717) is 6.54 Å². The molecule has 2 atom stereocenters. The molecule has 4 nitrogen and oxygen atoms in total. The fraction of sp³-hybridized carbons (Fsp3) is 0.909. The van der Waals surface area contributed by atoms with Gasteiger partial charge in [-0.1, -0.05) is 20.3 Å². The molecule has 0 unspecified atom stereocenters. The second kappa shape index (κ2) is 4.94. The van der Waals surface area contributed by atoms with E-state index in [-0.39, 0.29) is 11.8 Å². The first kappa shape index (κ1) is 12.5. The molecular formula is C11H22N2O2. The molecule has 88 valence electrons. The molecule has 0 saturated heterocycles. The Labute approximate surface area is 91.2 Å². The highest BCUT2D eigenvalue weighted by molar-refractivity contribution is 5.81. The molecule has 0 aromatic heterocycles. The van der Waals surface area contributed by atoms with E-state index in [0.717, 1.165) is 25.7 Å². The van der Waals surface area contributed by atoms with Crippen molar-refractivity contribution in [3.63, 3.8) is 0 Å². The molecule has 0 heterocycles. The number of hydrogen-bond donors (Lipinski definition) is 3. The van der Waals surface area contributed by atoms with Gasteiger partial charge < -0.3 is 16.2 Å². The third-order valence-corrected chi connectivity index (χ3v) is 3.44. The van der Waals surface area contributed by atoms with Crippen LogP contribution in [0.25, 0.3) is 0 Å². The molecule has 1 aliphatic carbocycles. The highest BCUT2D eigenvalue weighted by Gasteiger charge is 2.35. The fourth-order valence-electron chi connectivity index (χ4n) is 1.64. The molecule has 1 saturated carbocycles. The molecule has 0 aromatic rings. The van der Waals surface area contributed by atoms with Crippen LogP contribution in [0.4, 0.5) is 0 Å². The molecule has 0 spiro atoms. The molecule has 15 heavy (non-hydrogen) atoms. The van der Waals surface area contributed by atoms with Gasteiger partial charge in [0.05, 0.1) is 11.6 Å². The highest BCUT2D eigenvalue weighted by Crippen LogP contribution is 2.30. The Kier molecular flexibility index (Phi) is 4.11. The lowest BCUT2D eigenvalue weighted by atomic mass is 9.80. The normalized spacial score (nSPS) is 22.7. The third kappa shape index (κ3) is 3.18. The zero-order valence-corrected chi connectivity index (χ0v) is 9.62. The minimum atomic E-state index is -0.662. The van der Waals surface area contributed by atoms with Crippen LogP contribution in [0, 0.1) is 5.92 Å². The lowest BCUT2D eigenvalue weighted by Gasteiger charge is -2.37. The van der Waals surface area contributed by atoms with Gasteiger partial charge in [-0.2, -0.15) is 0 Å². The summed E-state index contributed by atoms with van der Waals surface area (Å²) in [5.41, 5.74) is 5.10. The van der Waals surface area contributed by atoms with Gasteiger partial charge in [0, 0.05) is 6.54 Å². The molecule has 1 amide bonds. The molecule has 0 aliphatic heterocycles. The van der Waals surface area contributed by atoms with E-state index < -0.39 is 11.6 Å². The minimum Gasteiger partial charge on any atom is -0.388 e. The Morgan fingerprint density at radius 3 is 2.60 bits per heavy atom. The van der Waals surface area contributed by atoms with Crippen LogP contribution in [0.5, 0.6) is 0 Å². The fourth-order valence-corrected chi connectivity index (χ4v) is 1.64. The minimum absolute atomic E-state index is 0.148. The molecular weight excluding hydrogens is 192 g/mol. The zero-order valence-electron chi connectivity index (χ0n) is 9.62. The monoisotopic (exact) mass is 214 g/mol. The summed E-state index contributed by atoms with van der Waals surface area (Å²) >= 11 is 0. The molecule has 1 rings (SSSR count). The average molecular weight is 214 g/mol. The second-order valence-corrected chi connectivity index (χ2v) is 4.71. The number of aliphatic hydroxyl groups is 1. The van der Waals surface area contributed by atoms with Crippen LogP contribution in [0.2, 0.25) is 0 Å². The largest absolute Gasteiger partial charge is 0.388 e. The summed E-state index contributed by atoms with van der Waals surface area (Å²) in [6, 6.07) is -0.460. The lowest BCUT2D eigenvalue weighted by Crippen LogP contribution is -2.52. The molecule has 0 aromatic carbocycles. The van der Waals surface area contributed by atoms with Crippen LogP contribution in [0.1, 0.15) is 39.5 Å². The van der Waals surface area contributed by atoms with Crippen molar-refractivity contribution in [3.8, 4) is 0 Å². The number of carbonyl (C=O) groups is 1. The first-order valence-electron chi connectivity index (χ1n) is 5.74. The van der Waals surface area contributed by atoms with Crippen molar-refractivity contribution < 1.29 is 9.90 Å². The van der Waals surface area contributed by atoms with Crippen molar-refractivity contribution >= 4 is 5.91 Å². The van der Waals surface area contributed by atoms with E-state index in [9.17, 15) is 9.90 Å². The van der Waals surface area contributed by atoms with Crippen molar-refractivity contribution in [1.82, 2.24) is 5.32 Å². The standard InChI is InChI=1S/C11H22N2O2/c1-3-8(2)9(12)10(14)13-7-11(15)5-4-6-11/h8-9,15H,3-7,12H2,1-2H3,(H,13,14)/t8-,9-/m0/s1. The summed E-state index contributed by atoms with van der Waals surface area (Å²) in [5, 5.41) is 12.5. The Morgan fingerprint density at radius 2 is 2.20 bits per heavy atom. The number of amides is 1. The maximum absolute atomic E-state index is 11.6. The third-order valence-electron chi connectivity index (χ3n) is 3.44. The van der Waals surface area contributed by atoms with Crippen LogP contribution in [-0.2, 0) is 4.79 Å². The molecule has 1 fully saturated rings. The van der Waals surface area contributed by atoms with Crippen molar-refractivity contribution in [2.24, 2.45) is 11.7 Å². The maximum atomic E-state index is 11.6. The summed E-state index contributed by atoms with van der Waals surface area (Å²) in [5.74, 6) is 0.0331. The predicted octanol–water partition coefficient (Wildman–Crippen LogP) is 0.391. The lowest BCUT2D eigenvalue weighted by molar-refractivity contribution is -0.125. The predicted molar refractivity (Wildman–Crippen MR) is 59.2 cm³/mol. The smallest absolute Gasteiger partial charge is 0.237 e. The van der Waals surface area contributed by atoms with Crippen LogP contribution < -0.4 is 11.1 Å². The quantitative estimate of drug-likeness (QED) is 0.619. The van der Waals surface area contributed by atoms with Gasteiger partial charge in [-0.05, 0) is 25.2 Å². The average Bonchev–Trinajstić information content (AvgIpc) is 2.20. The van der Waals surface area contributed by atoms with Gasteiger partial charge in [0.15, 0.2) is 0 Å². The van der Waals surface area contributed by atoms with Crippen LogP contribution in [0.15, 0.2) is 0 Å². The first-order chi connectivity index (χ1) is 6.98. The van der Waals surface area contributed by atoms with Gasteiger partial charge in [-0.3, -0.25) is 4.79 Å². The van der Waals surface area contributed by atoms with Crippen LogP contribution in [0.3, 0.4) is 0 Å². The van der Waals surface area contributed by atoms with Gasteiger partial charge in [-0.15, -0.1) is 0 Å². The SMILES string of the molecule is CC[C@H](C)[C@H](N)C(=O)NCC1(O)CCC1. The molecule has 0 radical (unpaired) electrons. The van der Waals surface area contributed by atoms with Crippen molar-refractivity contribution in [3.05, 3.63) is 0 Å². The van der Waals surface area contributed by atoms with Gasteiger partial charge in [0.2, 0.25) is 5.91 Å².